The molecule has 0 aromatic carbocycles. The van der Waals surface area contributed by atoms with Crippen molar-refractivity contribution in [2.75, 3.05) is 6.61 Å². The number of nitrogens with zero attached hydrogens (tertiary/aromatic N) is 2. The summed E-state index contributed by atoms with van der Waals surface area (Å²) in [7, 11) is 0. The van der Waals surface area contributed by atoms with Crippen LogP contribution in [0.1, 0.15) is 180 Å². The van der Waals surface area contributed by atoms with E-state index in [0.717, 1.165) is 54.2 Å². The van der Waals surface area contributed by atoms with Crippen LogP contribution in [-0.4, -0.2) is 16.6 Å². The van der Waals surface area contributed by atoms with Gasteiger partial charge in [0.25, 0.3) is 0 Å². The molecule has 0 spiro atoms. The van der Waals surface area contributed by atoms with Crippen molar-refractivity contribution in [2.24, 2.45) is 29.6 Å². The van der Waals surface area contributed by atoms with E-state index in [1.54, 1.807) is 12.8 Å². The Morgan fingerprint density at radius 1 is 0.550 bits per heavy atom. The first-order valence-corrected chi connectivity index (χ1v) is 18.2. The molecule has 0 saturated heterocycles. The topological polar surface area (TPSA) is 35.0 Å². The van der Waals surface area contributed by atoms with Gasteiger partial charge >= 0.3 is 0 Å². The summed E-state index contributed by atoms with van der Waals surface area (Å²) in [6.07, 6.45) is 37.9. The lowest BCUT2D eigenvalue weighted by Gasteiger charge is -2.41. The molecule has 3 heteroatoms. The molecule has 4 rings (SSSR count). The maximum absolute atomic E-state index is 5.94. The summed E-state index contributed by atoms with van der Waals surface area (Å²) in [5, 5.41) is 0. The van der Waals surface area contributed by atoms with Crippen molar-refractivity contribution in [1.29, 1.82) is 0 Å². The molecule has 40 heavy (non-hydrogen) atoms. The third-order valence-corrected chi connectivity index (χ3v) is 11.3. The third kappa shape index (κ3) is 10.6. The maximum atomic E-state index is 5.94. The van der Waals surface area contributed by atoms with Crippen LogP contribution in [-0.2, 0) is 0 Å². The Balaban J connectivity index is 1.06. The van der Waals surface area contributed by atoms with Crippen LogP contribution in [0.15, 0.2) is 12.4 Å². The van der Waals surface area contributed by atoms with E-state index in [1.165, 1.54) is 135 Å². The van der Waals surface area contributed by atoms with E-state index in [9.17, 15) is 0 Å². The standard InChI is InChI=1S/C37H64N2O/c1-3-5-7-8-9-10-11-13-27-40-36-28-38-37(39-29-36)35-25-23-34(24-26-35)33-21-19-32(20-22-33)31-17-15-30(16-18-31)14-12-6-4-2/h28-35H,3-27H2,1-2H3. The van der Waals surface area contributed by atoms with Gasteiger partial charge in [-0.15, -0.1) is 0 Å². The fourth-order valence-corrected chi connectivity index (χ4v) is 8.61. The molecule has 1 aromatic rings. The van der Waals surface area contributed by atoms with Crippen LogP contribution in [0.3, 0.4) is 0 Å². The van der Waals surface area contributed by atoms with Gasteiger partial charge in [0, 0.05) is 5.92 Å². The highest BCUT2D eigenvalue weighted by Gasteiger charge is 2.35. The minimum atomic E-state index is 0.557. The summed E-state index contributed by atoms with van der Waals surface area (Å²) >= 11 is 0. The van der Waals surface area contributed by atoms with Crippen molar-refractivity contribution in [2.45, 2.75) is 174 Å². The summed E-state index contributed by atoms with van der Waals surface area (Å²) in [5.41, 5.74) is 0. The molecule has 0 unspecified atom stereocenters. The van der Waals surface area contributed by atoms with Gasteiger partial charge in [0.1, 0.15) is 5.82 Å². The van der Waals surface area contributed by atoms with E-state index in [1.807, 2.05) is 12.4 Å². The largest absolute Gasteiger partial charge is 0.490 e. The number of aromatic nitrogens is 2. The minimum Gasteiger partial charge on any atom is -0.490 e. The van der Waals surface area contributed by atoms with Crippen molar-refractivity contribution in [3.05, 3.63) is 18.2 Å². The van der Waals surface area contributed by atoms with E-state index in [4.69, 9.17) is 14.7 Å². The van der Waals surface area contributed by atoms with Gasteiger partial charge in [-0.3, -0.25) is 0 Å². The first kappa shape index (κ1) is 31.8. The Morgan fingerprint density at radius 2 is 1.00 bits per heavy atom. The van der Waals surface area contributed by atoms with Gasteiger partial charge in [0.05, 0.1) is 19.0 Å². The summed E-state index contributed by atoms with van der Waals surface area (Å²) in [4.78, 5) is 9.50. The van der Waals surface area contributed by atoms with E-state index in [2.05, 4.69) is 13.8 Å². The highest BCUT2D eigenvalue weighted by Crippen LogP contribution is 2.47. The molecule has 3 fully saturated rings. The van der Waals surface area contributed by atoms with Gasteiger partial charge in [-0.1, -0.05) is 97.3 Å². The quantitative estimate of drug-likeness (QED) is 0.180. The molecule has 0 N–H and O–H groups in total. The second kappa shape index (κ2) is 18.4. The van der Waals surface area contributed by atoms with E-state index >= 15 is 0 Å². The molecule has 0 radical (unpaired) electrons. The predicted octanol–water partition coefficient (Wildman–Crippen LogP) is 11.5. The molecule has 1 heterocycles. The smallest absolute Gasteiger partial charge is 0.155 e. The Labute approximate surface area is 248 Å². The monoisotopic (exact) mass is 553 g/mol. The number of ether oxygens (including phenoxy) is 1. The second-order valence-electron chi connectivity index (χ2n) is 14.2. The Kier molecular flexibility index (Phi) is 14.7. The van der Waals surface area contributed by atoms with Crippen molar-refractivity contribution in [3.8, 4) is 5.75 Å². The van der Waals surface area contributed by atoms with Gasteiger partial charge in [-0.25, -0.2) is 9.97 Å². The number of rotatable bonds is 17. The fourth-order valence-electron chi connectivity index (χ4n) is 8.61. The molecule has 0 bridgehead atoms. The van der Waals surface area contributed by atoms with E-state index < -0.39 is 0 Å². The van der Waals surface area contributed by atoms with Crippen LogP contribution in [0.4, 0.5) is 0 Å². The minimum absolute atomic E-state index is 0.557. The van der Waals surface area contributed by atoms with Gasteiger partial charge in [-0.05, 0) is 100 Å². The van der Waals surface area contributed by atoms with Crippen molar-refractivity contribution in [1.82, 2.24) is 9.97 Å². The second-order valence-corrected chi connectivity index (χ2v) is 14.2. The number of hydrogen-bond donors (Lipinski definition) is 0. The maximum Gasteiger partial charge on any atom is 0.155 e. The van der Waals surface area contributed by atoms with Gasteiger partial charge in [0.15, 0.2) is 5.75 Å². The molecule has 3 aliphatic rings. The molecule has 3 nitrogen and oxygen atoms in total. The first-order valence-electron chi connectivity index (χ1n) is 18.2. The fraction of sp³-hybridized carbons (Fsp3) is 0.892. The molecule has 0 atom stereocenters. The molecule has 3 aliphatic carbocycles. The highest BCUT2D eigenvalue weighted by molar-refractivity contribution is 5.14. The summed E-state index contributed by atoms with van der Waals surface area (Å²) in [5.74, 6) is 7.59. The molecule has 1 aromatic heterocycles. The lowest BCUT2D eigenvalue weighted by molar-refractivity contribution is 0.108. The van der Waals surface area contributed by atoms with Crippen LogP contribution in [0.5, 0.6) is 5.75 Å². The van der Waals surface area contributed by atoms with E-state index in [-0.39, 0.29) is 0 Å². The molecular formula is C37H64N2O. The van der Waals surface area contributed by atoms with Crippen LogP contribution >= 0.6 is 0 Å². The lowest BCUT2D eigenvalue weighted by Crippen LogP contribution is -2.29. The Bertz CT molecular complexity index is 755. The summed E-state index contributed by atoms with van der Waals surface area (Å²) in [6.45, 7) is 5.41. The molecule has 3 saturated carbocycles. The van der Waals surface area contributed by atoms with E-state index in [0.29, 0.717) is 5.92 Å². The van der Waals surface area contributed by atoms with Crippen LogP contribution in [0.25, 0.3) is 0 Å². The molecule has 0 aliphatic heterocycles. The average molecular weight is 553 g/mol. The van der Waals surface area contributed by atoms with Crippen LogP contribution in [0, 0.1) is 29.6 Å². The zero-order valence-corrected chi connectivity index (χ0v) is 26.6. The molecular weight excluding hydrogens is 488 g/mol. The Morgan fingerprint density at radius 3 is 1.55 bits per heavy atom. The van der Waals surface area contributed by atoms with Gasteiger partial charge < -0.3 is 4.74 Å². The van der Waals surface area contributed by atoms with Crippen molar-refractivity contribution >= 4 is 0 Å². The van der Waals surface area contributed by atoms with Gasteiger partial charge in [-0.2, -0.15) is 0 Å². The summed E-state index contributed by atoms with van der Waals surface area (Å²) < 4.78 is 5.94. The van der Waals surface area contributed by atoms with Crippen LogP contribution in [0.2, 0.25) is 0 Å². The lowest BCUT2D eigenvalue weighted by atomic mass is 9.65. The average Bonchev–Trinajstić information content (AvgIpc) is 3.01. The summed E-state index contributed by atoms with van der Waals surface area (Å²) in [6, 6.07) is 0. The van der Waals surface area contributed by atoms with Crippen molar-refractivity contribution < 1.29 is 4.74 Å². The zero-order chi connectivity index (χ0) is 27.8. The first-order chi connectivity index (χ1) is 19.8. The molecule has 228 valence electrons. The number of hydrogen-bond acceptors (Lipinski definition) is 3. The SMILES string of the molecule is CCCCCCCCCCOc1cnc(C2CCC(C3CCC(C4CCC(CCCCC)CC4)CC3)CC2)nc1. The van der Waals surface area contributed by atoms with Crippen molar-refractivity contribution in [3.63, 3.8) is 0 Å². The normalized spacial score (nSPS) is 29.4. The zero-order valence-electron chi connectivity index (χ0n) is 26.6. The molecule has 0 amide bonds. The van der Waals surface area contributed by atoms with Gasteiger partial charge in [0.2, 0.25) is 0 Å². The predicted molar refractivity (Wildman–Crippen MR) is 170 cm³/mol. The third-order valence-electron chi connectivity index (χ3n) is 11.3. The Hall–Kier alpha value is -1.12. The highest BCUT2D eigenvalue weighted by atomic mass is 16.5. The van der Waals surface area contributed by atoms with Crippen LogP contribution < -0.4 is 4.74 Å². The number of unbranched alkanes of at least 4 members (excludes halogenated alkanes) is 9.